The average Bonchev–Trinajstić information content (AvgIpc) is 2.81. The molecule has 170 valence electrons. The minimum absolute atomic E-state index is 0.247. The van der Waals surface area contributed by atoms with E-state index in [4.69, 9.17) is 0 Å². The van der Waals surface area contributed by atoms with Gasteiger partial charge in [0.1, 0.15) is 0 Å². The summed E-state index contributed by atoms with van der Waals surface area (Å²) < 4.78 is 56.9. The van der Waals surface area contributed by atoms with Crippen LogP contribution < -0.4 is 4.74 Å². The smallest absolute Gasteiger partial charge is 0.387 e. The van der Waals surface area contributed by atoms with Crippen LogP contribution in [0, 0.1) is 11.6 Å². The highest BCUT2D eigenvalue weighted by Crippen LogP contribution is 2.33. The number of benzene rings is 4. The predicted molar refractivity (Wildman–Crippen MR) is 125 cm³/mol. The van der Waals surface area contributed by atoms with Crippen LogP contribution in [-0.2, 0) is 6.42 Å². The third-order valence-electron chi connectivity index (χ3n) is 5.74. The largest absolute Gasteiger partial charge is 0.429 e. The Morgan fingerprint density at radius 3 is 1.76 bits per heavy atom. The third kappa shape index (κ3) is 5.36. The van der Waals surface area contributed by atoms with E-state index in [2.05, 4.69) is 42.0 Å². The Labute approximate surface area is 190 Å². The highest BCUT2D eigenvalue weighted by Gasteiger charge is 2.17. The fraction of sp³-hybridized carbons (Fsp3) is 0.214. The fourth-order valence-corrected chi connectivity index (χ4v) is 3.98. The summed E-state index contributed by atoms with van der Waals surface area (Å²) >= 11 is 0. The third-order valence-corrected chi connectivity index (χ3v) is 5.74. The normalized spacial score (nSPS) is 11.3. The number of rotatable bonds is 8. The second-order valence-electron chi connectivity index (χ2n) is 8.08. The highest BCUT2D eigenvalue weighted by molar-refractivity contribution is 5.90. The first-order chi connectivity index (χ1) is 15.9. The van der Waals surface area contributed by atoms with Gasteiger partial charge in [0.15, 0.2) is 17.4 Å². The van der Waals surface area contributed by atoms with Gasteiger partial charge in [0.05, 0.1) is 0 Å². The molecule has 1 nitrogen and oxygen atoms in total. The molecule has 0 aliphatic heterocycles. The van der Waals surface area contributed by atoms with E-state index < -0.39 is 24.0 Å². The molecule has 0 aliphatic rings. The summed E-state index contributed by atoms with van der Waals surface area (Å²) in [5.74, 6) is -3.41. The minimum atomic E-state index is -3.30. The maximum Gasteiger partial charge on any atom is 0.387 e. The van der Waals surface area contributed by atoms with Crippen LogP contribution in [0.4, 0.5) is 17.6 Å². The number of fused-ring (bicyclic) bond motifs is 1. The van der Waals surface area contributed by atoms with Gasteiger partial charge in [0.25, 0.3) is 0 Å². The average molecular weight is 452 g/mol. The van der Waals surface area contributed by atoms with Crippen molar-refractivity contribution in [3.8, 4) is 28.0 Å². The second kappa shape index (κ2) is 10.1. The summed E-state index contributed by atoms with van der Waals surface area (Å²) in [7, 11) is 0. The number of halogens is 4. The Morgan fingerprint density at radius 1 is 0.667 bits per heavy atom. The Hall–Kier alpha value is -3.34. The lowest BCUT2D eigenvalue weighted by Gasteiger charge is -2.11. The second-order valence-corrected chi connectivity index (χ2v) is 8.08. The van der Waals surface area contributed by atoms with Crippen LogP contribution in [0.2, 0.25) is 0 Å². The molecule has 0 atom stereocenters. The van der Waals surface area contributed by atoms with E-state index in [0.717, 1.165) is 40.5 Å². The number of aryl methyl sites for hydroxylation is 1. The van der Waals surface area contributed by atoms with Crippen molar-refractivity contribution in [2.24, 2.45) is 0 Å². The molecule has 0 fully saturated rings. The van der Waals surface area contributed by atoms with Crippen molar-refractivity contribution >= 4 is 10.8 Å². The summed E-state index contributed by atoms with van der Waals surface area (Å²) in [6.45, 7) is -1.10. The molecule has 0 radical (unpaired) electrons. The van der Waals surface area contributed by atoms with Crippen molar-refractivity contribution in [2.45, 2.75) is 39.2 Å². The van der Waals surface area contributed by atoms with E-state index in [-0.39, 0.29) is 5.56 Å². The van der Waals surface area contributed by atoms with Crippen LogP contribution >= 0.6 is 0 Å². The van der Waals surface area contributed by atoms with E-state index in [1.54, 1.807) is 6.07 Å². The molecule has 5 heteroatoms. The Morgan fingerprint density at radius 2 is 1.21 bits per heavy atom. The molecular weight excluding hydrogens is 428 g/mol. The van der Waals surface area contributed by atoms with Crippen LogP contribution in [0.25, 0.3) is 33.0 Å². The van der Waals surface area contributed by atoms with E-state index in [1.807, 2.05) is 24.3 Å². The highest BCUT2D eigenvalue weighted by atomic mass is 19.3. The Balaban J connectivity index is 1.58. The molecule has 0 N–H and O–H groups in total. The molecule has 0 heterocycles. The van der Waals surface area contributed by atoms with Gasteiger partial charge in [-0.25, -0.2) is 8.78 Å². The van der Waals surface area contributed by atoms with Gasteiger partial charge in [-0.15, -0.1) is 0 Å². The quantitative estimate of drug-likeness (QED) is 0.192. The first-order valence-corrected chi connectivity index (χ1v) is 11.0. The SMILES string of the molecule is CCCCCc1ccc(-c2ccc3cc(-c4cc(F)c(OC(F)F)c(F)c4)ccc3c2)cc1. The lowest BCUT2D eigenvalue weighted by Crippen LogP contribution is -2.06. The molecule has 0 aliphatic carbocycles. The van der Waals surface area contributed by atoms with Gasteiger partial charge >= 0.3 is 6.61 Å². The fourth-order valence-electron chi connectivity index (χ4n) is 3.98. The van der Waals surface area contributed by atoms with Crippen LogP contribution in [0.15, 0.2) is 72.8 Å². The topological polar surface area (TPSA) is 9.23 Å². The molecule has 4 rings (SSSR count). The van der Waals surface area contributed by atoms with Crippen LogP contribution in [0.3, 0.4) is 0 Å². The standard InChI is InChI=1S/C28H24F4O/c1-2-3-4-5-18-6-8-19(9-7-18)20-10-11-22-15-23(13-12-21(22)14-20)24-16-25(29)27(26(30)17-24)33-28(31)32/h6-17,28H,2-5H2,1H3. The first-order valence-electron chi connectivity index (χ1n) is 11.0. The van der Waals surface area contributed by atoms with Gasteiger partial charge < -0.3 is 4.74 Å². The maximum absolute atomic E-state index is 14.1. The number of ether oxygens (including phenoxy) is 1. The number of hydrogen-bond acceptors (Lipinski definition) is 1. The van der Waals surface area contributed by atoms with Crippen molar-refractivity contribution in [3.63, 3.8) is 0 Å². The van der Waals surface area contributed by atoms with E-state index >= 15 is 0 Å². The summed E-state index contributed by atoms with van der Waals surface area (Å²) in [5, 5.41) is 1.89. The lowest BCUT2D eigenvalue weighted by atomic mass is 9.96. The minimum Gasteiger partial charge on any atom is -0.429 e. The summed E-state index contributed by atoms with van der Waals surface area (Å²) in [6.07, 6.45) is 4.73. The molecule has 0 saturated carbocycles. The molecule has 0 saturated heterocycles. The molecule has 0 bridgehead atoms. The van der Waals surface area contributed by atoms with E-state index in [0.29, 0.717) is 5.56 Å². The molecule has 0 spiro atoms. The summed E-state index contributed by atoms with van der Waals surface area (Å²) in [4.78, 5) is 0. The lowest BCUT2D eigenvalue weighted by molar-refractivity contribution is -0.0546. The van der Waals surface area contributed by atoms with Crippen molar-refractivity contribution in [1.82, 2.24) is 0 Å². The zero-order valence-corrected chi connectivity index (χ0v) is 18.3. The molecular formula is C28H24F4O. The van der Waals surface area contributed by atoms with E-state index in [9.17, 15) is 17.6 Å². The monoisotopic (exact) mass is 452 g/mol. The molecule has 0 amide bonds. The zero-order valence-electron chi connectivity index (χ0n) is 18.3. The van der Waals surface area contributed by atoms with Crippen LogP contribution in [-0.4, -0.2) is 6.61 Å². The Bertz CT molecular complexity index is 1230. The van der Waals surface area contributed by atoms with Gasteiger partial charge in [-0.1, -0.05) is 68.3 Å². The van der Waals surface area contributed by atoms with Crippen LogP contribution in [0.5, 0.6) is 5.75 Å². The van der Waals surface area contributed by atoms with Gasteiger partial charge in [-0.05, 0) is 75.7 Å². The Kier molecular flexibility index (Phi) is 6.97. The maximum atomic E-state index is 14.1. The number of alkyl halides is 2. The van der Waals surface area contributed by atoms with Gasteiger partial charge in [0, 0.05) is 0 Å². The van der Waals surface area contributed by atoms with Crippen molar-refractivity contribution in [3.05, 3.63) is 90.0 Å². The zero-order chi connectivity index (χ0) is 23.4. The van der Waals surface area contributed by atoms with Gasteiger partial charge in [0.2, 0.25) is 0 Å². The van der Waals surface area contributed by atoms with Crippen molar-refractivity contribution < 1.29 is 22.3 Å². The van der Waals surface area contributed by atoms with Gasteiger partial charge in [-0.3, -0.25) is 0 Å². The molecule has 33 heavy (non-hydrogen) atoms. The van der Waals surface area contributed by atoms with Crippen molar-refractivity contribution in [1.29, 1.82) is 0 Å². The number of hydrogen-bond donors (Lipinski definition) is 0. The van der Waals surface area contributed by atoms with Crippen molar-refractivity contribution in [2.75, 3.05) is 0 Å². The van der Waals surface area contributed by atoms with Gasteiger partial charge in [-0.2, -0.15) is 8.78 Å². The molecule has 0 unspecified atom stereocenters. The predicted octanol–water partition coefficient (Wildman–Crippen LogP) is 8.79. The molecule has 4 aromatic carbocycles. The van der Waals surface area contributed by atoms with E-state index in [1.165, 1.54) is 24.8 Å². The molecule has 4 aromatic rings. The molecule has 0 aromatic heterocycles. The summed E-state index contributed by atoms with van der Waals surface area (Å²) in [6, 6.07) is 22.1. The first kappa shape index (κ1) is 22.8. The van der Waals surface area contributed by atoms with Crippen LogP contribution in [0.1, 0.15) is 31.7 Å². The summed E-state index contributed by atoms with van der Waals surface area (Å²) in [5.41, 5.74) is 4.37. The number of unbranched alkanes of at least 4 members (excludes halogenated alkanes) is 2.